The van der Waals surface area contributed by atoms with Crippen LogP contribution in [0.4, 0.5) is 4.39 Å². The maximum Gasteiger partial charge on any atom is 0.137 e. The molecule has 0 radical (unpaired) electrons. The summed E-state index contributed by atoms with van der Waals surface area (Å²) in [6, 6.07) is 14.0. The van der Waals surface area contributed by atoms with E-state index in [1.165, 1.54) is 17.2 Å². The van der Waals surface area contributed by atoms with E-state index in [1.807, 2.05) is 13.1 Å². The van der Waals surface area contributed by atoms with Crippen LogP contribution in [-0.4, -0.2) is 7.05 Å². The molecule has 0 amide bonds. The third kappa shape index (κ3) is 3.92. The summed E-state index contributed by atoms with van der Waals surface area (Å²) >= 11 is 3.34. The Balaban J connectivity index is 2.21. The Labute approximate surface area is 134 Å². The first-order chi connectivity index (χ1) is 10.0. The molecule has 2 aromatic carbocycles. The number of nitrogens with one attached hydrogen (secondary N) is 1. The Morgan fingerprint density at radius 2 is 1.67 bits per heavy atom. The Bertz CT molecular complexity index is 593. The molecule has 1 unspecified atom stereocenters. The molecule has 2 aromatic rings. The van der Waals surface area contributed by atoms with Gasteiger partial charge in [0.2, 0.25) is 0 Å². The Kier molecular flexibility index (Phi) is 5.54. The molecule has 0 aromatic heterocycles. The number of hydrogen-bond acceptors (Lipinski definition) is 1. The van der Waals surface area contributed by atoms with Gasteiger partial charge in [0.1, 0.15) is 5.82 Å². The summed E-state index contributed by atoms with van der Waals surface area (Å²) in [5, 5.41) is 3.32. The Morgan fingerprint density at radius 3 is 2.24 bits per heavy atom. The maximum absolute atomic E-state index is 13.6. The number of hydrogen-bond donors (Lipinski definition) is 1. The van der Waals surface area contributed by atoms with Crippen molar-refractivity contribution in [3.63, 3.8) is 0 Å². The zero-order valence-electron chi connectivity index (χ0n) is 12.7. The van der Waals surface area contributed by atoms with Crippen molar-refractivity contribution < 1.29 is 4.39 Å². The topological polar surface area (TPSA) is 12.0 Å². The van der Waals surface area contributed by atoms with Gasteiger partial charge in [0.15, 0.2) is 0 Å². The lowest BCUT2D eigenvalue weighted by Crippen LogP contribution is -2.19. The molecule has 0 saturated heterocycles. The van der Waals surface area contributed by atoms with Crippen molar-refractivity contribution in [1.82, 2.24) is 5.32 Å². The van der Waals surface area contributed by atoms with Crippen molar-refractivity contribution >= 4 is 15.9 Å². The fourth-order valence-corrected chi connectivity index (χ4v) is 2.85. The highest BCUT2D eigenvalue weighted by Gasteiger charge is 2.14. The van der Waals surface area contributed by atoms with Crippen LogP contribution in [0.2, 0.25) is 0 Å². The van der Waals surface area contributed by atoms with Crippen molar-refractivity contribution in [2.75, 3.05) is 7.05 Å². The first-order valence-corrected chi connectivity index (χ1v) is 8.02. The summed E-state index contributed by atoms with van der Waals surface area (Å²) in [6.07, 6.45) is 0.746. The molecule has 0 bridgehead atoms. The molecule has 0 aliphatic heterocycles. The van der Waals surface area contributed by atoms with Crippen LogP contribution >= 0.6 is 15.9 Å². The number of halogens is 2. The first-order valence-electron chi connectivity index (χ1n) is 7.23. The minimum Gasteiger partial charge on any atom is -0.313 e. The van der Waals surface area contributed by atoms with E-state index in [1.54, 1.807) is 6.07 Å². The van der Waals surface area contributed by atoms with Crippen LogP contribution in [0.5, 0.6) is 0 Å². The van der Waals surface area contributed by atoms with E-state index in [9.17, 15) is 4.39 Å². The minimum absolute atomic E-state index is 0.171. The van der Waals surface area contributed by atoms with E-state index < -0.39 is 0 Å². The summed E-state index contributed by atoms with van der Waals surface area (Å²) in [5.41, 5.74) is 3.53. The van der Waals surface area contributed by atoms with Gasteiger partial charge in [0.05, 0.1) is 4.47 Å². The lowest BCUT2D eigenvalue weighted by molar-refractivity contribution is 0.580. The van der Waals surface area contributed by atoms with Crippen LogP contribution in [-0.2, 0) is 6.42 Å². The van der Waals surface area contributed by atoms with Gasteiger partial charge in [-0.2, -0.15) is 0 Å². The summed E-state index contributed by atoms with van der Waals surface area (Å²) in [7, 11) is 1.94. The van der Waals surface area contributed by atoms with Gasteiger partial charge in [0, 0.05) is 6.04 Å². The minimum atomic E-state index is -0.211. The van der Waals surface area contributed by atoms with Crippen LogP contribution < -0.4 is 5.32 Å². The largest absolute Gasteiger partial charge is 0.313 e. The van der Waals surface area contributed by atoms with Gasteiger partial charge in [-0.3, -0.25) is 0 Å². The monoisotopic (exact) mass is 349 g/mol. The van der Waals surface area contributed by atoms with Crippen LogP contribution in [0, 0.1) is 5.82 Å². The standard InChI is InChI=1S/C18H21BrFN/c1-12(2)13-7-9-14(10-8-13)17(21-3)11-15-5-4-6-16(20)18(15)19/h4-10,12,17,21H,11H2,1-3H3. The molecular formula is C18H21BrFN. The molecule has 0 aliphatic carbocycles. The molecule has 0 fully saturated rings. The van der Waals surface area contributed by atoms with Crippen LogP contribution in [0.15, 0.2) is 46.9 Å². The third-order valence-corrected chi connectivity index (χ3v) is 4.70. The smallest absolute Gasteiger partial charge is 0.137 e. The van der Waals surface area contributed by atoms with Crippen LogP contribution in [0.3, 0.4) is 0 Å². The van der Waals surface area contributed by atoms with Gasteiger partial charge in [-0.05, 0) is 58.1 Å². The molecule has 1 atom stereocenters. The summed E-state index contributed by atoms with van der Waals surface area (Å²) in [4.78, 5) is 0. The van der Waals surface area contributed by atoms with E-state index >= 15 is 0 Å². The Hall–Kier alpha value is -1.19. The van der Waals surface area contributed by atoms with E-state index in [0.29, 0.717) is 10.4 Å². The summed E-state index contributed by atoms with van der Waals surface area (Å²) in [5.74, 6) is 0.321. The molecule has 0 spiro atoms. The fraction of sp³-hybridized carbons (Fsp3) is 0.333. The Morgan fingerprint density at radius 1 is 1.05 bits per heavy atom. The number of likely N-dealkylation sites (N-methyl/N-ethyl adjacent to an activating group) is 1. The summed E-state index contributed by atoms with van der Waals surface area (Å²) in [6.45, 7) is 4.38. The lowest BCUT2D eigenvalue weighted by atomic mass is 9.95. The molecule has 0 heterocycles. The predicted molar refractivity (Wildman–Crippen MR) is 90.1 cm³/mol. The van der Waals surface area contributed by atoms with Crippen molar-refractivity contribution in [2.45, 2.75) is 32.2 Å². The lowest BCUT2D eigenvalue weighted by Gasteiger charge is -2.18. The average molecular weight is 350 g/mol. The molecule has 0 aliphatic rings. The van der Waals surface area contributed by atoms with Crippen LogP contribution in [0.25, 0.3) is 0 Å². The third-order valence-electron chi connectivity index (χ3n) is 3.81. The van der Waals surface area contributed by atoms with Gasteiger partial charge in [0.25, 0.3) is 0 Å². The van der Waals surface area contributed by atoms with E-state index in [-0.39, 0.29) is 11.9 Å². The molecule has 1 nitrogen and oxygen atoms in total. The van der Waals surface area contributed by atoms with E-state index in [4.69, 9.17) is 0 Å². The van der Waals surface area contributed by atoms with Crippen molar-refractivity contribution in [3.8, 4) is 0 Å². The molecule has 1 N–H and O–H groups in total. The van der Waals surface area contributed by atoms with Gasteiger partial charge in [-0.1, -0.05) is 50.2 Å². The molecule has 3 heteroatoms. The molecular weight excluding hydrogens is 329 g/mol. The highest BCUT2D eigenvalue weighted by molar-refractivity contribution is 9.10. The fourth-order valence-electron chi connectivity index (χ4n) is 2.43. The van der Waals surface area contributed by atoms with Crippen molar-refractivity contribution in [2.24, 2.45) is 0 Å². The molecule has 0 saturated carbocycles. The van der Waals surface area contributed by atoms with Gasteiger partial charge in [-0.15, -0.1) is 0 Å². The van der Waals surface area contributed by atoms with Gasteiger partial charge < -0.3 is 5.32 Å². The highest BCUT2D eigenvalue weighted by Crippen LogP contribution is 2.26. The van der Waals surface area contributed by atoms with E-state index in [0.717, 1.165) is 12.0 Å². The number of benzene rings is 2. The zero-order valence-corrected chi connectivity index (χ0v) is 14.2. The van der Waals surface area contributed by atoms with Gasteiger partial charge >= 0.3 is 0 Å². The molecule has 112 valence electrons. The zero-order chi connectivity index (χ0) is 15.4. The number of rotatable bonds is 5. The molecule has 21 heavy (non-hydrogen) atoms. The second-order valence-corrected chi connectivity index (χ2v) is 6.37. The second kappa shape index (κ2) is 7.19. The quantitative estimate of drug-likeness (QED) is 0.780. The molecule has 2 rings (SSSR count). The van der Waals surface area contributed by atoms with Crippen molar-refractivity contribution in [1.29, 1.82) is 0 Å². The predicted octanol–water partition coefficient (Wildman–Crippen LogP) is 5.21. The maximum atomic E-state index is 13.6. The average Bonchev–Trinajstić information content (AvgIpc) is 2.49. The first kappa shape index (κ1) is 16.2. The van der Waals surface area contributed by atoms with Crippen LogP contribution in [0.1, 0.15) is 42.5 Å². The normalized spacial score (nSPS) is 12.7. The summed E-state index contributed by atoms with van der Waals surface area (Å²) < 4.78 is 14.2. The SMILES string of the molecule is CNC(Cc1cccc(F)c1Br)c1ccc(C(C)C)cc1. The highest BCUT2D eigenvalue weighted by atomic mass is 79.9. The van der Waals surface area contributed by atoms with Gasteiger partial charge in [-0.25, -0.2) is 4.39 Å². The van der Waals surface area contributed by atoms with Crippen molar-refractivity contribution in [3.05, 3.63) is 69.4 Å². The second-order valence-electron chi connectivity index (χ2n) is 5.58. The van der Waals surface area contributed by atoms with E-state index in [2.05, 4.69) is 59.4 Å².